The maximum absolute atomic E-state index is 13.1. The van der Waals surface area contributed by atoms with E-state index in [0.29, 0.717) is 37.4 Å². The summed E-state index contributed by atoms with van der Waals surface area (Å²) in [7, 11) is -1.99. The number of hydrogen-bond acceptors (Lipinski definition) is 5. The number of nitrogens with zero attached hydrogens (tertiary/aromatic N) is 2. The highest BCUT2D eigenvalue weighted by atomic mass is 32.2. The summed E-state index contributed by atoms with van der Waals surface area (Å²) in [5.41, 5.74) is 1.58. The molecule has 0 aromatic heterocycles. The van der Waals surface area contributed by atoms with Crippen molar-refractivity contribution in [3.63, 3.8) is 0 Å². The van der Waals surface area contributed by atoms with E-state index in [-0.39, 0.29) is 24.8 Å². The van der Waals surface area contributed by atoms with Gasteiger partial charge in [-0.05, 0) is 56.5 Å². The molecule has 34 heavy (non-hydrogen) atoms. The fraction of sp³-hybridized carbons (Fsp3) is 0.440. The normalized spacial score (nSPS) is 12.0. The number of hydrogen-bond donors (Lipinski definition) is 1. The van der Waals surface area contributed by atoms with Gasteiger partial charge in [0.1, 0.15) is 11.8 Å². The Balaban J connectivity index is 2.08. The van der Waals surface area contributed by atoms with Gasteiger partial charge in [0.25, 0.3) is 0 Å². The van der Waals surface area contributed by atoms with Crippen LogP contribution in [0.15, 0.2) is 54.6 Å². The van der Waals surface area contributed by atoms with Gasteiger partial charge < -0.3 is 15.0 Å². The van der Waals surface area contributed by atoms with E-state index in [4.69, 9.17) is 4.74 Å². The van der Waals surface area contributed by atoms with Crippen molar-refractivity contribution in [2.75, 3.05) is 37.3 Å². The Morgan fingerprint density at radius 1 is 1.03 bits per heavy atom. The Hall–Kier alpha value is -3.07. The van der Waals surface area contributed by atoms with Crippen molar-refractivity contribution in [3.05, 3.63) is 60.2 Å². The van der Waals surface area contributed by atoms with Crippen molar-refractivity contribution < 1.29 is 22.7 Å². The van der Waals surface area contributed by atoms with Crippen molar-refractivity contribution in [2.45, 2.75) is 39.2 Å². The third-order valence-electron chi connectivity index (χ3n) is 5.52. The van der Waals surface area contributed by atoms with Gasteiger partial charge in [0, 0.05) is 26.1 Å². The van der Waals surface area contributed by atoms with E-state index in [1.54, 1.807) is 43.2 Å². The van der Waals surface area contributed by atoms with Gasteiger partial charge in [-0.2, -0.15) is 0 Å². The number of benzene rings is 2. The monoisotopic (exact) mass is 489 g/mol. The standard InChI is InChI=1S/C25H35N3O5S/c1-5-26-25(30)20(2)27(19-17-21-10-7-6-8-11-21)24(29)12-9-18-28(34(4,31)32)22-13-15-23(33-3)16-14-22/h6-8,10-11,13-16,20H,5,9,12,17-19H2,1-4H3,(H,26,30). The number of ether oxygens (including phenoxy) is 1. The van der Waals surface area contributed by atoms with Crippen LogP contribution in [-0.4, -0.2) is 64.2 Å². The van der Waals surface area contributed by atoms with Crippen LogP contribution in [0.25, 0.3) is 0 Å². The first-order valence-corrected chi connectivity index (χ1v) is 13.2. The van der Waals surface area contributed by atoms with E-state index in [9.17, 15) is 18.0 Å². The highest BCUT2D eigenvalue weighted by Crippen LogP contribution is 2.22. The number of carbonyl (C=O) groups excluding carboxylic acids is 2. The van der Waals surface area contributed by atoms with Crippen LogP contribution in [0.5, 0.6) is 5.75 Å². The first-order valence-electron chi connectivity index (χ1n) is 11.4. The predicted molar refractivity (Wildman–Crippen MR) is 134 cm³/mol. The molecule has 0 heterocycles. The van der Waals surface area contributed by atoms with E-state index in [2.05, 4.69) is 5.32 Å². The third kappa shape index (κ3) is 8.06. The Morgan fingerprint density at radius 3 is 2.24 bits per heavy atom. The molecule has 2 amide bonds. The Labute approximate surface area is 202 Å². The maximum Gasteiger partial charge on any atom is 0.242 e. The minimum absolute atomic E-state index is 0.126. The molecule has 0 bridgehead atoms. The average Bonchev–Trinajstić information content (AvgIpc) is 2.82. The van der Waals surface area contributed by atoms with E-state index >= 15 is 0 Å². The van der Waals surface area contributed by atoms with Gasteiger partial charge in [0.2, 0.25) is 21.8 Å². The number of sulfonamides is 1. The van der Waals surface area contributed by atoms with Crippen LogP contribution >= 0.6 is 0 Å². The summed E-state index contributed by atoms with van der Waals surface area (Å²) in [4.78, 5) is 27.2. The van der Waals surface area contributed by atoms with Gasteiger partial charge in [0.15, 0.2) is 0 Å². The van der Waals surface area contributed by atoms with Crippen LogP contribution in [0, 0.1) is 0 Å². The summed E-state index contributed by atoms with van der Waals surface area (Å²) < 4.78 is 31.2. The molecule has 186 valence electrons. The topological polar surface area (TPSA) is 96.0 Å². The molecule has 2 rings (SSSR count). The molecule has 0 aliphatic rings. The average molecular weight is 490 g/mol. The molecule has 0 aliphatic carbocycles. The van der Waals surface area contributed by atoms with Gasteiger partial charge in [-0.1, -0.05) is 30.3 Å². The lowest BCUT2D eigenvalue weighted by atomic mass is 10.1. The second-order valence-corrected chi connectivity index (χ2v) is 9.94. The predicted octanol–water partition coefficient (Wildman–Crippen LogP) is 2.84. The van der Waals surface area contributed by atoms with Gasteiger partial charge in [-0.25, -0.2) is 8.42 Å². The van der Waals surface area contributed by atoms with Crippen LogP contribution in [0.3, 0.4) is 0 Å². The van der Waals surface area contributed by atoms with E-state index in [0.717, 1.165) is 11.8 Å². The van der Waals surface area contributed by atoms with E-state index in [1.807, 2.05) is 37.3 Å². The quantitative estimate of drug-likeness (QED) is 0.467. The second-order valence-electron chi connectivity index (χ2n) is 8.03. The summed E-state index contributed by atoms with van der Waals surface area (Å²) >= 11 is 0. The molecule has 2 aromatic rings. The molecule has 0 aliphatic heterocycles. The molecular formula is C25H35N3O5S. The molecule has 0 radical (unpaired) electrons. The van der Waals surface area contributed by atoms with Crippen molar-refractivity contribution in [3.8, 4) is 5.75 Å². The first-order chi connectivity index (χ1) is 16.2. The SMILES string of the molecule is CCNC(=O)C(C)N(CCc1ccccc1)C(=O)CCCN(c1ccc(OC)cc1)S(C)(=O)=O. The number of nitrogens with one attached hydrogen (secondary N) is 1. The number of methoxy groups -OCH3 is 1. The number of amides is 2. The minimum Gasteiger partial charge on any atom is -0.497 e. The van der Waals surface area contributed by atoms with Crippen LogP contribution in [0.1, 0.15) is 32.3 Å². The van der Waals surface area contributed by atoms with Gasteiger partial charge in [0.05, 0.1) is 19.1 Å². The van der Waals surface area contributed by atoms with Gasteiger partial charge in [-0.15, -0.1) is 0 Å². The van der Waals surface area contributed by atoms with Crippen LogP contribution < -0.4 is 14.4 Å². The fourth-order valence-corrected chi connectivity index (χ4v) is 4.61. The zero-order valence-corrected chi connectivity index (χ0v) is 21.2. The summed E-state index contributed by atoms with van der Waals surface area (Å²) in [5.74, 6) is 0.235. The highest BCUT2D eigenvalue weighted by molar-refractivity contribution is 7.92. The van der Waals surface area contributed by atoms with Crippen LogP contribution in [-0.2, 0) is 26.0 Å². The number of likely N-dealkylation sites (N-methyl/N-ethyl adjacent to an activating group) is 1. The van der Waals surface area contributed by atoms with Gasteiger partial charge >= 0.3 is 0 Å². The molecule has 1 unspecified atom stereocenters. The summed E-state index contributed by atoms with van der Waals surface area (Å²) in [6.45, 7) is 4.58. The molecule has 8 nitrogen and oxygen atoms in total. The lowest BCUT2D eigenvalue weighted by Crippen LogP contribution is -2.48. The fourth-order valence-electron chi connectivity index (χ4n) is 3.64. The Bertz CT molecular complexity index is 1030. The Morgan fingerprint density at radius 2 is 1.68 bits per heavy atom. The number of anilines is 1. The molecule has 0 spiro atoms. The second kappa shape index (κ2) is 13.0. The van der Waals surface area contributed by atoms with Crippen molar-refractivity contribution in [1.82, 2.24) is 10.2 Å². The highest BCUT2D eigenvalue weighted by Gasteiger charge is 2.26. The van der Waals surface area contributed by atoms with Crippen LogP contribution in [0.2, 0.25) is 0 Å². The lowest BCUT2D eigenvalue weighted by Gasteiger charge is -2.29. The molecule has 0 saturated carbocycles. The first kappa shape index (κ1) is 27.2. The summed E-state index contributed by atoms with van der Waals surface area (Å²) in [6.07, 6.45) is 2.21. The lowest BCUT2D eigenvalue weighted by molar-refractivity contribution is -0.139. The molecule has 1 N–H and O–H groups in total. The van der Waals surface area contributed by atoms with Crippen LogP contribution in [0.4, 0.5) is 5.69 Å². The van der Waals surface area contributed by atoms with Crippen molar-refractivity contribution >= 4 is 27.5 Å². The van der Waals surface area contributed by atoms with Gasteiger partial charge in [-0.3, -0.25) is 13.9 Å². The van der Waals surface area contributed by atoms with E-state index in [1.165, 1.54) is 4.31 Å². The van der Waals surface area contributed by atoms with Crippen molar-refractivity contribution in [2.24, 2.45) is 0 Å². The van der Waals surface area contributed by atoms with Crippen molar-refractivity contribution in [1.29, 1.82) is 0 Å². The molecule has 0 fully saturated rings. The third-order valence-corrected chi connectivity index (χ3v) is 6.71. The molecular weight excluding hydrogens is 454 g/mol. The molecule has 1 atom stereocenters. The van der Waals surface area contributed by atoms with E-state index < -0.39 is 16.1 Å². The zero-order valence-electron chi connectivity index (χ0n) is 20.4. The smallest absolute Gasteiger partial charge is 0.242 e. The molecule has 0 saturated heterocycles. The summed E-state index contributed by atoms with van der Waals surface area (Å²) in [5, 5.41) is 2.77. The summed E-state index contributed by atoms with van der Waals surface area (Å²) in [6, 6.07) is 15.9. The molecule has 2 aromatic carbocycles. The minimum atomic E-state index is -3.54. The zero-order chi connectivity index (χ0) is 25.1. The maximum atomic E-state index is 13.1. The Kier molecular flexibility index (Phi) is 10.4. The largest absolute Gasteiger partial charge is 0.497 e. The molecule has 9 heteroatoms. The number of carbonyl (C=O) groups is 2. The number of rotatable bonds is 13.